The summed E-state index contributed by atoms with van der Waals surface area (Å²) >= 11 is 0. The third-order valence-electron chi connectivity index (χ3n) is 14.4. The summed E-state index contributed by atoms with van der Waals surface area (Å²) < 4.78 is 16.1. The maximum absolute atomic E-state index is 7.02. The maximum atomic E-state index is 7.02. The number of para-hydroxylation sites is 5. The first kappa shape index (κ1) is 35.7. The molecule has 0 fully saturated rings. The fraction of sp³-hybridized carbons (Fsp3) is 0.0161. The smallest absolute Gasteiger partial charge is 0.160 e. The van der Waals surface area contributed by atoms with E-state index >= 15 is 0 Å². The van der Waals surface area contributed by atoms with Crippen molar-refractivity contribution in [3.05, 3.63) is 241 Å². The van der Waals surface area contributed by atoms with Crippen LogP contribution in [0.5, 0.6) is 11.5 Å². The Morgan fingerprint density at radius 2 is 1.02 bits per heavy atom. The Morgan fingerprint density at radius 1 is 0.394 bits per heavy atom. The number of hydrogen-bond acceptors (Lipinski definition) is 3. The average Bonchev–Trinajstić information content (AvgIpc) is 4.03. The normalized spacial score (nSPS) is 13.4. The number of nitrogens with zero attached hydrogens (tertiary/aromatic N) is 2. The molecule has 4 nitrogen and oxygen atoms in total. The summed E-state index contributed by atoms with van der Waals surface area (Å²) in [6.45, 7) is 0. The van der Waals surface area contributed by atoms with Crippen molar-refractivity contribution >= 4 is 65.4 Å². The quantitative estimate of drug-likeness (QED) is 0.166. The lowest BCUT2D eigenvalue weighted by atomic mass is 9.66. The van der Waals surface area contributed by atoms with Gasteiger partial charge in [0.2, 0.25) is 0 Å². The molecule has 1 aliphatic heterocycles. The van der Waals surface area contributed by atoms with Gasteiger partial charge in [-0.3, -0.25) is 0 Å². The van der Waals surface area contributed by atoms with Gasteiger partial charge in [0.05, 0.1) is 33.3 Å². The second-order valence-electron chi connectivity index (χ2n) is 17.7. The van der Waals surface area contributed by atoms with Crippen molar-refractivity contribution in [2.24, 2.45) is 0 Å². The molecular formula is C62H36N2O2. The summed E-state index contributed by atoms with van der Waals surface area (Å²) in [5.41, 5.74) is 17.1. The van der Waals surface area contributed by atoms with Gasteiger partial charge in [0.15, 0.2) is 5.58 Å². The minimum atomic E-state index is -0.541. The third-order valence-corrected chi connectivity index (χ3v) is 14.4. The first-order valence-electron chi connectivity index (χ1n) is 22.6. The Balaban J connectivity index is 0.999. The van der Waals surface area contributed by atoms with Crippen molar-refractivity contribution in [3.8, 4) is 50.7 Å². The molecule has 15 rings (SSSR count). The minimum Gasteiger partial charge on any atom is -0.457 e. The van der Waals surface area contributed by atoms with E-state index in [1.807, 2.05) is 0 Å². The molecule has 1 spiro atoms. The number of aromatic nitrogens is 2. The molecule has 3 aromatic heterocycles. The first-order chi connectivity index (χ1) is 32.7. The lowest BCUT2D eigenvalue weighted by Gasteiger charge is -2.39. The van der Waals surface area contributed by atoms with Gasteiger partial charge >= 0.3 is 0 Å². The van der Waals surface area contributed by atoms with Gasteiger partial charge in [0, 0.05) is 54.4 Å². The van der Waals surface area contributed by atoms with Crippen LogP contribution < -0.4 is 4.74 Å². The lowest BCUT2D eigenvalue weighted by Crippen LogP contribution is -2.32. The Labute approximate surface area is 379 Å². The highest BCUT2D eigenvalue weighted by molar-refractivity contribution is 6.30. The van der Waals surface area contributed by atoms with E-state index in [1.165, 1.54) is 33.0 Å². The molecule has 0 N–H and O–H groups in total. The van der Waals surface area contributed by atoms with Gasteiger partial charge in [-0.2, -0.15) is 0 Å². The second kappa shape index (κ2) is 13.2. The molecule has 4 heteroatoms. The van der Waals surface area contributed by atoms with Crippen LogP contribution in [0, 0.1) is 0 Å². The zero-order chi connectivity index (χ0) is 43.1. The van der Waals surface area contributed by atoms with Crippen molar-refractivity contribution in [1.29, 1.82) is 0 Å². The highest BCUT2D eigenvalue weighted by Gasteiger charge is 2.51. The Bertz CT molecular complexity index is 4170. The highest BCUT2D eigenvalue weighted by Crippen LogP contribution is 2.62. The molecule has 0 bridgehead atoms. The van der Waals surface area contributed by atoms with Gasteiger partial charge in [0.1, 0.15) is 17.1 Å². The maximum Gasteiger partial charge on any atom is 0.160 e. The predicted octanol–water partition coefficient (Wildman–Crippen LogP) is 16.2. The molecule has 10 aromatic carbocycles. The van der Waals surface area contributed by atoms with Crippen LogP contribution in [0.15, 0.2) is 223 Å². The first-order valence-corrected chi connectivity index (χ1v) is 22.6. The Hall–Kier alpha value is -8.73. The standard InChI is InChI=1S/C62H36N2O2/c1-2-16-37(17-3-1)60-46-36-54(61-59(44-21-7-13-27-55(44)66-61)58(46)43-20-5-11-25-51(43)63-60)64-52-26-12-6-19-42(52)45-34-38(31-33-53(45)64)39-30-32-41-40-18-4-8-22-47(40)62(50(41)35-39)48-23-9-14-28-56(48)65-57-29-15-10-24-49(57)62/h1-36H. The number of ether oxygens (including phenoxy) is 1. The van der Waals surface area contributed by atoms with Gasteiger partial charge in [-0.1, -0.05) is 164 Å². The average molecular weight is 841 g/mol. The van der Waals surface area contributed by atoms with Crippen LogP contribution in [0.1, 0.15) is 22.3 Å². The zero-order valence-corrected chi connectivity index (χ0v) is 35.5. The van der Waals surface area contributed by atoms with Crippen molar-refractivity contribution in [3.63, 3.8) is 0 Å². The molecule has 0 amide bonds. The molecule has 66 heavy (non-hydrogen) atoms. The summed E-state index contributed by atoms with van der Waals surface area (Å²) in [5.74, 6) is 1.79. The molecule has 306 valence electrons. The number of fused-ring (bicyclic) bond motifs is 19. The summed E-state index contributed by atoms with van der Waals surface area (Å²) in [7, 11) is 0. The van der Waals surface area contributed by atoms with E-state index in [9.17, 15) is 0 Å². The van der Waals surface area contributed by atoms with Crippen molar-refractivity contribution in [2.75, 3.05) is 0 Å². The van der Waals surface area contributed by atoms with E-state index in [2.05, 4.69) is 223 Å². The van der Waals surface area contributed by atoms with Gasteiger partial charge in [0.25, 0.3) is 0 Å². The monoisotopic (exact) mass is 840 g/mol. The number of hydrogen-bond donors (Lipinski definition) is 0. The molecule has 4 heterocycles. The van der Waals surface area contributed by atoms with Crippen LogP contribution in [-0.2, 0) is 5.41 Å². The number of benzene rings is 10. The van der Waals surface area contributed by atoms with E-state index < -0.39 is 5.41 Å². The number of pyridine rings is 1. The fourth-order valence-electron chi connectivity index (χ4n) is 11.7. The molecule has 2 aliphatic rings. The topological polar surface area (TPSA) is 40.2 Å². The molecule has 0 saturated carbocycles. The molecular weight excluding hydrogens is 805 g/mol. The van der Waals surface area contributed by atoms with Crippen LogP contribution in [0.3, 0.4) is 0 Å². The van der Waals surface area contributed by atoms with Gasteiger partial charge in [-0.15, -0.1) is 0 Å². The van der Waals surface area contributed by atoms with Crippen molar-refractivity contribution < 1.29 is 9.15 Å². The summed E-state index contributed by atoms with van der Waals surface area (Å²) in [5, 5.41) is 7.88. The van der Waals surface area contributed by atoms with E-state index in [1.54, 1.807) is 0 Å². The van der Waals surface area contributed by atoms with E-state index in [0.29, 0.717) is 0 Å². The molecule has 0 atom stereocenters. The van der Waals surface area contributed by atoms with E-state index in [4.69, 9.17) is 14.1 Å². The Kier molecular flexibility index (Phi) is 7.12. The number of rotatable bonds is 3. The number of furan rings is 1. The predicted molar refractivity (Wildman–Crippen MR) is 269 cm³/mol. The van der Waals surface area contributed by atoms with Crippen LogP contribution in [0.25, 0.3) is 105 Å². The second-order valence-corrected chi connectivity index (χ2v) is 17.7. The van der Waals surface area contributed by atoms with E-state index in [-0.39, 0.29) is 0 Å². The van der Waals surface area contributed by atoms with Crippen LogP contribution in [0.4, 0.5) is 0 Å². The zero-order valence-electron chi connectivity index (χ0n) is 35.5. The fourth-order valence-corrected chi connectivity index (χ4v) is 11.7. The molecule has 13 aromatic rings. The summed E-state index contributed by atoms with van der Waals surface area (Å²) in [4.78, 5) is 5.38. The summed E-state index contributed by atoms with van der Waals surface area (Å²) in [6.07, 6.45) is 0. The van der Waals surface area contributed by atoms with Gasteiger partial charge < -0.3 is 13.7 Å². The SMILES string of the molecule is c1ccc(-c2nc3ccccc3c3c2cc(-n2c4ccccc4c4cc(-c5ccc6c(c5)C5(c7ccccc7Oc7ccccc75)c5ccccc5-6)ccc42)c2oc4ccccc4c23)cc1. The van der Waals surface area contributed by atoms with Gasteiger partial charge in [-0.25, -0.2) is 4.98 Å². The van der Waals surface area contributed by atoms with Gasteiger partial charge in [-0.05, 0) is 88.0 Å². The molecule has 1 aliphatic carbocycles. The Morgan fingerprint density at radius 3 is 1.85 bits per heavy atom. The molecule has 0 radical (unpaired) electrons. The van der Waals surface area contributed by atoms with Crippen molar-refractivity contribution in [1.82, 2.24) is 9.55 Å². The molecule has 0 saturated heterocycles. The summed E-state index contributed by atoms with van der Waals surface area (Å²) in [6, 6.07) is 78.7. The van der Waals surface area contributed by atoms with Crippen molar-refractivity contribution in [2.45, 2.75) is 5.41 Å². The highest BCUT2D eigenvalue weighted by atomic mass is 16.5. The van der Waals surface area contributed by atoms with Crippen LogP contribution >= 0.6 is 0 Å². The van der Waals surface area contributed by atoms with Crippen LogP contribution in [0.2, 0.25) is 0 Å². The van der Waals surface area contributed by atoms with Crippen LogP contribution in [-0.4, -0.2) is 9.55 Å². The third kappa shape index (κ3) is 4.64. The van der Waals surface area contributed by atoms with E-state index in [0.717, 1.165) is 105 Å². The largest absolute Gasteiger partial charge is 0.457 e. The lowest BCUT2D eigenvalue weighted by molar-refractivity contribution is 0.436. The minimum absolute atomic E-state index is 0.541. The molecule has 0 unspecified atom stereocenters.